The van der Waals surface area contributed by atoms with Crippen molar-refractivity contribution < 1.29 is 27.8 Å². The van der Waals surface area contributed by atoms with Crippen LogP contribution in [0.2, 0.25) is 0 Å². The second kappa shape index (κ2) is 8.07. The van der Waals surface area contributed by atoms with Gasteiger partial charge in [0.15, 0.2) is 0 Å². The van der Waals surface area contributed by atoms with E-state index in [-0.39, 0.29) is 48.5 Å². The fourth-order valence-corrected chi connectivity index (χ4v) is 4.64. The number of nitrogens with zero attached hydrogens (tertiary/aromatic N) is 2. The normalized spacial score (nSPS) is 15.3. The first-order valence-electron chi connectivity index (χ1n) is 8.67. The third-order valence-corrected chi connectivity index (χ3v) is 6.55. The zero-order valence-corrected chi connectivity index (χ0v) is 16.5. The van der Waals surface area contributed by atoms with Gasteiger partial charge in [-0.05, 0) is 36.4 Å². The minimum atomic E-state index is -3.80. The maximum absolute atomic E-state index is 13.1. The van der Waals surface area contributed by atoms with E-state index in [0.717, 1.165) is 0 Å². The molecule has 0 radical (unpaired) electrons. The largest absolute Gasteiger partial charge is 0.508 e. The first-order chi connectivity index (χ1) is 13.4. The summed E-state index contributed by atoms with van der Waals surface area (Å²) >= 11 is 0. The van der Waals surface area contributed by atoms with Crippen molar-refractivity contribution in [1.29, 1.82) is 0 Å². The molecular formula is C19H22N2O6S. The van der Waals surface area contributed by atoms with Gasteiger partial charge in [-0.15, -0.1) is 0 Å². The minimum absolute atomic E-state index is 0.0349. The van der Waals surface area contributed by atoms with Crippen LogP contribution in [0, 0.1) is 0 Å². The molecule has 0 saturated carbocycles. The molecular weight excluding hydrogens is 384 g/mol. The fraction of sp³-hybridized carbons (Fsp3) is 0.316. The number of aromatic hydroxyl groups is 1. The van der Waals surface area contributed by atoms with Gasteiger partial charge >= 0.3 is 0 Å². The maximum atomic E-state index is 13.1. The Balaban J connectivity index is 1.75. The third kappa shape index (κ3) is 3.90. The first-order valence-corrected chi connectivity index (χ1v) is 10.1. The summed E-state index contributed by atoms with van der Waals surface area (Å²) in [6.07, 6.45) is 0. The molecule has 8 nitrogen and oxygen atoms in total. The molecule has 9 heteroatoms. The summed E-state index contributed by atoms with van der Waals surface area (Å²) in [7, 11) is -0.923. The zero-order chi connectivity index (χ0) is 20.3. The lowest BCUT2D eigenvalue weighted by Gasteiger charge is -2.34. The molecule has 1 saturated heterocycles. The number of phenols is 1. The van der Waals surface area contributed by atoms with E-state index in [1.54, 1.807) is 29.2 Å². The second-order valence-electron chi connectivity index (χ2n) is 6.26. The molecule has 0 bridgehead atoms. The number of hydrogen-bond acceptors (Lipinski definition) is 6. The van der Waals surface area contributed by atoms with Crippen LogP contribution in [0.15, 0.2) is 47.4 Å². The van der Waals surface area contributed by atoms with Gasteiger partial charge in [-0.1, -0.05) is 0 Å². The molecule has 0 aliphatic carbocycles. The fourth-order valence-electron chi connectivity index (χ4n) is 3.04. The van der Waals surface area contributed by atoms with Crippen molar-refractivity contribution in [2.45, 2.75) is 4.90 Å². The van der Waals surface area contributed by atoms with Crippen molar-refractivity contribution in [3.05, 3.63) is 48.0 Å². The highest BCUT2D eigenvalue weighted by molar-refractivity contribution is 7.89. The van der Waals surface area contributed by atoms with Gasteiger partial charge in [-0.2, -0.15) is 4.31 Å². The second-order valence-corrected chi connectivity index (χ2v) is 8.17. The summed E-state index contributed by atoms with van der Waals surface area (Å²) in [6.45, 7) is 0.884. The van der Waals surface area contributed by atoms with E-state index in [9.17, 15) is 18.3 Å². The first kappa shape index (κ1) is 20.0. The number of phenolic OH excluding ortho intramolecular Hbond substituents is 1. The van der Waals surface area contributed by atoms with Crippen LogP contribution in [-0.2, 0) is 10.0 Å². The van der Waals surface area contributed by atoms with Crippen molar-refractivity contribution >= 4 is 15.9 Å². The smallest absolute Gasteiger partial charge is 0.253 e. The number of carbonyl (C=O) groups is 1. The van der Waals surface area contributed by atoms with E-state index in [4.69, 9.17) is 9.47 Å². The molecule has 1 N–H and O–H groups in total. The van der Waals surface area contributed by atoms with Crippen LogP contribution >= 0.6 is 0 Å². The van der Waals surface area contributed by atoms with Crippen LogP contribution < -0.4 is 9.47 Å². The molecule has 1 amide bonds. The Morgan fingerprint density at radius 3 is 2.18 bits per heavy atom. The molecule has 1 fully saturated rings. The van der Waals surface area contributed by atoms with Crippen LogP contribution in [0.3, 0.4) is 0 Å². The van der Waals surface area contributed by atoms with Crippen molar-refractivity contribution in [3.63, 3.8) is 0 Å². The highest BCUT2D eigenvalue weighted by atomic mass is 32.2. The minimum Gasteiger partial charge on any atom is -0.508 e. The topological polar surface area (TPSA) is 96.4 Å². The molecule has 0 atom stereocenters. The number of hydrogen-bond donors (Lipinski definition) is 1. The number of ether oxygens (including phenoxy) is 2. The SMILES string of the molecule is COc1ccc(OC)c(S(=O)(=O)N2CCN(C(=O)c3ccc(O)cc3)CC2)c1. The van der Waals surface area contributed by atoms with Crippen LogP contribution in [0.4, 0.5) is 0 Å². The van der Waals surface area contributed by atoms with Crippen LogP contribution in [-0.4, -0.2) is 69.0 Å². The number of carbonyl (C=O) groups excluding carboxylic acids is 1. The third-order valence-electron chi connectivity index (χ3n) is 4.63. The summed E-state index contributed by atoms with van der Waals surface area (Å²) in [4.78, 5) is 14.2. The number of sulfonamides is 1. The highest BCUT2D eigenvalue weighted by Gasteiger charge is 2.32. The van der Waals surface area contributed by atoms with Crippen molar-refractivity contribution in [2.24, 2.45) is 0 Å². The average Bonchev–Trinajstić information content (AvgIpc) is 2.73. The van der Waals surface area contributed by atoms with Gasteiger partial charge in [0.2, 0.25) is 10.0 Å². The van der Waals surface area contributed by atoms with Crippen LogP contribution in [0.25, 0.3) is 0 Å². The number of amides is 1. The van der Waals surface area contributed by atoms with Crippen LogP contribution in [0.1, 0.15) is 10.4 Å². The van der Waals surface area contributed by atoms with Crippen molar-refractivity contribution in [1.82, 2.24) is 9.21 Å². The van der Waals surface area contributed by atoms with E-state index in [1.807, 2.05) is 0 Å². The molecule has 0 spiro atoms. The quantitative estimate of drug-likeness (QED) is 0.810. The Kier molecular flexibility index (Phi) is 5.76. The molecule has 1 heterocycles. The molecule has 0 aromatic heterocycles. The Morgan fingerprint density at radius 1 is 0.964 bits per heavy atom. The molecule has 1 aliphatic rings. The standard InChI is InChI=1S/C19H22N2O6S/c1-26-16-7-8-17(27-2)18(13-16)28(24,25)21-11-9-20(10-12-21)19(23)14-3-5-15(22)6-4-14/h3-8,13,22H,9-12H2,1-2H3. The zero-order valence-electron chi connectivity index (χ0n) is 15.7. The van der Waals surface area contributed by atoms with E-state index >= 15 is 0 Å². The van der Waals surface area contributed by atoms with E-state index in [0.29, 0.717) is 11.3 Å². The Bertz CT molecular complexity index is 951. The molecule has 28 heavy (non-hydrogen) atoms. The van der Waals surface area contributed by atoms with Gasteiger partial charge < -0.3 is 19.5 Å². The van der Waals surface area contributed by atoms with Gasteiger partial charge in [-0.3, -0.25) is 4.79 Å². The number of benzene rings is 2. The summed E-state index contributed by atoms with van der Waals surface area (Å²) in [5.41, 5.74) is 0.448. The summed E-state index contributed by atoms with van der Waals surface area (Å²) < 4.78 is 37.8. The van der Waals surface area contributed by atoms with Gasteiger partial charge in [0.25, 0.3) is 5.91 Å². The van der Waals surface area contributed by atoms with Crippen LogP contribution in [0.5, 0.6) is 17.2 Å². The van der Waals surface area contributed by atoms with Crippen molar-refractivity contribution in [3.8, 4) is 17.2 Å². The lowest BCUT2D eigenvalue weighted by atomic mass is 10.2. The molecule has 2 aromatic rings. The van der Waals surface area contributed by atoms with E-state index < -0.39 is 10.0 Å². The van der Waals surface area contributed by atoms with Gasteiger partial charge in [0, 0.05) is 37.8 Å². The Labute approximate surface area is 164 Å². The molecule has 1 aliphatic heterocycles. The van der Waals surface area contributed by atoms with Crippen molar-refractivity contribution in [2.75, 3.05) is 40.4 Å². The van der Waals surface area contributed by atoms with Gasteiger partial charge in [0.05, 0.1) is 14.2 Å². The van der Waals surface area contributed by atoms with E-state index in [2.05, 4.69) is 0 Å². The monoisotopic (exact) mass is 406 g/mol. The lowest BCUT2D eigenvalue weighted by Crippen LogP contribution is -2.50. The number of methoxy groups -OCH3 is 2. The Hall–Kier alpha value is -2.78. The molecule has 150 valence electrons. The predicted octanol–water partition coefficient (Wildman–Crippen LogP) is 1.56. The predicted molar refractivity (Wildman–Crippen MR) is 102 cm³/mol. The van der Waals surface area contributed by atoms with Gasteiger partial charge in [0.1, 0.15) is 22.1 Å². The summed E-state index contributed by atoms with van der Waals surface area (Å²) in [6, 6.07) is 10.6. The van der Waals surface area contributed by atoms with Gasteiger partial charge in [-0.25, -0.2) is 8.42 Å². The Morgan fingerprint density at radius 2 is 1.61 bits per heavy atom. The molecule has 2 aromatic carbocycles. The summed E-state index contributed by atoms with van der Waals surface area (Å²) in [5, 5.41) is 9.34. The molecule has 0 unspecified atom stereocenters. The highest BCUT2D eigenvalue weighted by Crippen LogP contribution is 2.31. The average molecular weight is 406 g/mol. The number of rotatable bonds is 5. The molecule has 3 rings (SSSR count). The van der Waals surface area contributed by atoms with E-state index in [1.165, 1.54) is 36.7 Å². The lowest BCUT2D eigenvalue weighted by molar-refractivity contribution is 0.0698. The number of piperazine rings is 1. The summed E-state index contributed by atoms with van der Waals surface area (Å²) in [5.74, 6) is 0.541. The maximum Gasteiger partial charge on any atom is 0.253 e.